The zero-order valence-corrected chi connectivity index (χ0v) is 14.8. The summed E-state index contributed by atoms with van der Waals surface area (Å²) in [6.45, 7) is 7.22. The standard InChI is InChI=1S/C17H25ClFNO3/c1-5-17(11-21,10-20-15(22)23-16(2,3)4)9-12-6-7-13(18)8-14(12)19/h6-8,21H,5,9-11H2,1-4H3,(H,20,22). The zero-order valence-electron chi connectivity index (χ0n) is 14.1. The fourth-order valence-corrected chi connectivity index (χ4v) is 2.34. The number of hydrogen-bond acceptors (Lipinski definition) is 3. The predicted molar refractivity (Wildman–Crippen MR) is 89.2 cm³/mol. The Bertz CT molecular complexity index is 539. The molecule has 0 aliphatic rings. The molecule has 23 heavy (non-hydrogen) atoms. The largest absolute Gasteiger partial charge is 0.444 e. The minimum absolute atomic E-state index is 0.179. The first-order valence-corrected chi connectivity index (χ1v) is 8.00. The van der Waals surface area contributed by atoms with Crippen LogP contribution >= 0.6 is 11.6 Å². The van der Waals surface area contributed by atoms with Crippen LogP contribution < -0.4 is 5.32 Å². The van der Waals surface area contributed by atoms with Crippen LogP contribution in [0.5, 0.6) is 0 Å². The van der Waals surface area contributed by atoms with E-state index in [2.05, 4.69) is 5.32 Å². The Labute approximate surface area is 142 Å². The Hall–Kier alpha value is -1.33. The van der Waals surface area contributed by atoms with Crippen LogP contribution in [0, 0.1) is 11.2 Å². The molecule has 1 unspecified atom stereocenters. The number of carbonyl (C=O) groups excluding carboxylic acids is 1. The van der Waals surface area contributed by atoms with Gasteiger partial charge in [-0.2, -0.15) is 0 Å². The summed E-state index contributed by atoms with van der Waals surface area (Å²) in [6, 6.07) is 4.46. The van der Waals surface area contributed by atoms with E-state index in [9.17, 15) is 14.3 Å². The van der Waals surface area contributed by atoms with Gasteiger partial charge in [-0.25, -0.2) is 9.18 Å². The third kappa shape index (κ3) is 6.36. The van der Waals surface area contributed by atoms with Crippen molar-refractivity contribution in [2.75, 3.05) is 13.2 Å². The SMILES string of the molecule is CCC(CO)(CNC(=O)OC(C)(C)C)Cc1ccc(Cl)cc1F. The normalized spacial score (nSPS) is 14.2. The summed E-state index contributed by atoms with van der Waals surface area (Å²) in [6.07, 6.45) is 0.306. The van der Waals surface area contributed by atoms with Gasteiger partial charge in [-0.1, -0.05) is 24.6 Å². The van der Waals surface area contributed by atoms with Gasteiger partial charge in [0.15, 0.2) is 0 Å². The molecule has 0 heterocycles. The molecule has 0 aromatic heterocycles. The number of alkyl carbamates (subject to hydrolysis) is 1. The van der Waals surface area contributed by atoms with Crippen molar-refractivity contribution in [3.05, 3.63) is 34.6 Å². The first-order chi connectivity index (χ1) is 10.6. The number of rotatable bonds is 6. The quantitative estimate of drug-likeness (QED) is 0.821. The van der Waals surface area contributed by atoms with E-state index in [0.717, 1.165) is 0 Å². The highest BCUT2D eigenvalue weighted by Gasteiger charge is 2.30. The lowest BCUT2D eigenvalue weighted by Gasteiger charge is -2.31. The average Bonchev–Trinajstić information content (AvgIpc) is 2.44. The summed E-state index contributed by atoms with van der Waals surface area (Å²) in [5, 5.41) is 12.8. The van der Waals surface area contributed by atoms with Crippen molar-refractivity contribution in [3.8, 4) is 0 Å². The predicted octanol–water partition coefficient (Wildman–Crippen LogP) is 3.94. The van der Waals surface area contributed by atoms with E-state index in [-0.39, 0.29) is 13.2 Å². The van der Waals surface area contributed by atoms with Crippen molar-refractivity contribution in [1.82, 2.24) is 5.32 Å². The number of aliphatic hydroxyl groups excluding tert-OH is 1. The maximum Gasteiger partial charge on any atom is 0.407 e. The molecule has 1 aromatic carbocycles. The molecule has 1 atom stereocenters. The maximum atomic E-state index is 14.0. The molecule has 0 radical (unpaired) electrons. The Morgan fingerprint density at radius 1 is 1.39 bits per heavy atom. The van der Waals surface area contributed by atoms with Crippen molar-refractivity contribution in [1.29, 1.82) is 0 Å². The number of amides is 1. The lowest BCUT2D eigenvalue weighted by Crippen LogP contribution is -2.43. The summed E-state index contributed by atoms with van der Waals surface area (Å²) in [4.78, 5) is 11.8. The lowest BCUT2D eigenvalue weighted by atomic mass is 9.79. The molecule has 2 N–H and O–H groups in total. The zero-order chi connectivity index (χ0) is 17.7. The van der Waals surface area contributed by atoms with Crippen molar-refractivity contribution in [3.63, 3.8) is 0 Å². The van der Waals surface area contributed by atoms with Gasteiger partial charge in [0.25, 0.3) is 0 Å². The molecule has 130 valence electrons. The molecule has 0 bridgehead atoms. The highest BCUT2D eigenvalue weighted by Crippen LogP contribution is 2.28. The number of hydrogen-bond donors (Lipinski definition) is 2. The minimum atomic E-state index is -0.661. The number of nitrogens with one attached hydrogen (secondary N) is 1. The van der Waals surface area contributed by atoms with Gasteiger partial charge in [-0.05, 0) is 51.3 Å². The van der Waals surface area contributed by atoms with Crippen molar-refractivity contribution in [2.45, 2.75) is 46.1 Å². The third-order valence-corrected chi connectivity index (χ3v) is 3.91. The van der Waals surface area contributed by atoms with Crippen LogP contribution in [0.2, 0.25) is 5.02 Å². The fourth-order valence-electron chi connectivity index (χ4n) is 2.18. The molecule has 0 fully saturated rings. The van der Waals surface area contributed by atoms with Crippen LogP contribution in [0.4, 0.5) is 9.18 Å². The topological polar surface area (TPSA) is 58.6 Å². The molecular formula is C17H25ClFNO3. The maximum absolute atomic E-state index is 14.0. The first-order valence-electron chi connectivity index (χ1n) is 7.62. The van der Waals surface area contributed by atoms with Crippen LogP contribution in [0.1, 0.15) is 39.7 Å². The van der Waals surface area contributed by atoms with E-state index in [1.165, 1.54) is 6.07 Å². The van der Waals surface area contributed by atoms with Crippen LogP contribution in [0.25, 0.3) is 0 Å². The van der Waals surface area contributed by atoms with Gasteiger partial charge in [-0.15, -0.1) is 0 Å². The molecule has 1 amide bonds. The van der Waals surface area contributed by atoms with E-state index in [1.54, 1.807) is 32.9 Å². The minimum Gasteiger partial charge on any atom is -0.444 e. The smallest absolute Gasteiger partial charge is 0.407 e. The van der Waals surface area contributed by atoms with Crippen molar-refractivity contribution >= 4 is 17.7 Å². The fraction of sp³-hybridized carbons (Fsp3) is 0.588. The first kappa shape index (κ1) is 19.7. The average molecular weight is 346 g/mol. The summed E-state index contributed by atoms with van der Waals surface area (Å²) in [5.41, 5.74) is -0.803. The van der Waals surface area contributed by atoms with Crippen LogP contribution in [-0.2, 0) is 11.2 Å². The van der Waals surface area contributed by atoms with Gasteiger partial charge in [-0.3, -0.25) is 0 Å². The van der Waals surface area contributed by atoms with E-state index in [4.69, 9.17) is 16.3 Å². The highest BCUT2D eigenvalue weighted by atomic mass is 35.5. The van der Waals surface area contributed by atoms with Crippen LogP contribution in [0.15, 0.2) is 18.2 Å². The summed E-state index contributed by atoms with van der Waals surface area (Å²) >= 11 is 5.76. The van der Waals surface area contributed by atoms with Gasteiger partial charge >= 0.3 is 6.09 Å². The Kier molecular flexibility index (Phi) is 6.84. The molecular weight excluding hydrogens is 321 g/mol. The molecule has 1 aromatic rings. The monoisotopic (exact) mass is 345 g/mol. The highest BCUT2D eigenvalue weighted by molar-refractivity contribution is 6.30. The second kappa shape index (κ2) is 7.97. The number of benzene rings is 1. The number of ether oxygens (including phenoxy) is 1. The van der Waals surface area contributed by atoms with Crippen molar-refractivity contribution < 1.29 is 19.0 Å². The molecule has 6 heteroatoms. The van der Waals surface area contributed by atoms with Gasteiger partial charge in [0, 0.05) is 17.0 Å². The van der Waals surface area contributed by atoms with E-state index in [0.29, 0.717) is 23.4 Å². The lowest BCUT2D eigenvalue weighted by molar-refractivity contribution is 0.0460. The summed E-state index contributed by atoms with van der Waals surface area (Å²) < 4.78 is 19.2. The number of halogens is 2. The Balaban J connectivity index is 2.80. The third-order valence-electron chi connectivity index (χ3n) is 3.67. The molecule has 4 nitrogen and oxygen atoms in total. The van der Waals surface area contributed by atoms with E-state index >= 15 is 0 Å². The van der Waals surface area contributed by atoms with Crippen LogP contribution in [0.3, 0.4) is 0 Å². The van der Waals surface area contributed by atoms with Gasteiger partial charge in [0.1, 0.15) is 11.4 Å². The summed E-state index contributed by atoms with van der Waals surface area (Å²) in [5.74, 6) is -0.416. The Morgan fingerprint density at radius 3 is 2.52 bits per heavy atom. The van der Waals surface area contributed by atoms with E-state index in [1.807, 2.05) is 6.92 Å². The summed E-state index contributed by atoms with van der Waals surface area (Å²) in [7, 11) is 0. The van der Waals surface area contributed by atoms with Gasteiger partial charge in [0.05, 0.1) is 6.61 Å². The van der Waals surface area contributed by atoms with E-state index < -0.39 is 22.9 Å². The van der Waals surface area contributed by atoms with Gasteiger partial charge < -0.3 is 15.2 Å². The molecule has 1 rings (SSSR count). The van der Waals surface area contributed by atoms with Gasteiger partial charge in [0.2, 0.25) is 0 Å². The van der Waals surface area contributed by atoms with Crippen LogP contribution in [-0.4, -0.2) is 30.0 Å². The second-order valence-corrected chi connectivity index (χ2v) is 7.22. The molecule has 0 aliphatic heterocycles. The molecule has 0 saturated carbocycles. The van der Waals surface area contributed by atoms with Crippen molar-refractivity contribution in [2.24, 2.45) is 5.41 Å². The number of aliphatic hydroxyl groups is 1. The molecule has 0 saturated heterocycles. The number of carbonyl (C=O) groups is 1. The Morgan fingerprint density at radius 2 is 2.04 bits per heavy atom. The molecule has 0 aliphatic carbocycles. The second-order valence-electron chi connectivity index (χ2n) is 6.78. The molecule has 0 spiro atoms.